The highest BCUT2D eigenvalue weighted by Gasteiger charge is 2.45. The summed E-state index contributed by atoms with van der Waals surface area (Å²) in [6.07, 6.45) is 0.782. The lowest BCUT2D eigenvalue weighted by atomic mass is 10.0. The Morgan fingerprint density at radius 1 is 1.25 bits per heavy atom. The Hall–Kier alpha value is -2.50. The molecule has 3 amide bonds. The molecular formula is C14H11FN2O3. The maximum Gasteiger partial charge on any atom is 0.265 e. The van der Waals surface area contributed by atoms with Crippen LogP contribution in [0.1, 0.15) is 33.6 Å². The lowest BCUT2D eigenvalue weighted by Crippen LogP contribution is -2.51. The first-order chi connectivity index (χ1) is 9.50. The van der Waals surface area contributed by atoms with Gasteiger partial charge < -0.3 is 5.32 Å². The molecule has 1 fully saturated rings. The summed E-state index contributed by atoms with van der Waals surface area (Å²) in [5.74, 6) is -2.59. The van der Waals surface area contributed by atoms with E-state index in [0.717, 1.165) is 11.0 Å². The molecule has 2 heterocycles. The van der Waals surface area contributed by atoms with E-state index in [2.05, 4.69) is 11.9 Å². The van der Waals surface area contributed by atoms with E-state index in [4.69, 9.17) is 0 Å². The van der Waals surface area contributed by atoms with Crippen LogP contribution in [0.3, 0.4) is 0 Å². The molecule has 1 unspecified atom stereocenters. The molecule has 1 aromatic carbocycles. The van der Waals surface area contributed by atoms with Crippen LogP contribution in [-0.4, -0.2) is 28.7 Å². The number of carbonyl (C=O) groups excluding carboxylic acids is 3. The van der Waals surface area contributed by atoms with E-state index >= 15 is 0 Å². The van der Waals surface area contributed by atoms with Gasteiger partial charge in [0.05, 0.1) is 11.1 Å². The van der Waals surface area contributed by atoms with Gasteiger partial charge in [-0.05, 0) is 25.0 Å². The van der Waals surface area contributed by atoms with Crippen LogP contribution in [0.25, 0.3) is 0 Å². The number of nitrogens with one attached hydrogen (secondary N) is 1. The zero-order valence-corrected chi connectivity index (χ0v) is 10.5. The minimum atomic E-state index is -0.910. The number of carbonyl (C=O) groups is 3. The van der Waals surface area contributed by atoms with Crippen molar-refractivity contribution in [3.63, 3.8) is 0 Å². The topological polar surface area (TPSA) is 66.5 Å². The molecule has 0 spiro atoms. The predicted molar refractivity (Wildman–Crippen MR) is 67.2 cm³/mol. The second-order valence-electron chi connectivity index (χ2n) is 4.79. The third-order valence-electron chi connectivity index (χ3n) is 3.53. The van der Waals surface area contributed by atoms with Crippen molar-refractivity contribution in [2.45, 2.75) is 18.9 Å². The molecule has 2 aliphatic rings. The van der Waals surface area contributed by atoms with Gasteiger partial charge in [-0.25, -0.2) is 4.39 Å². The molecule has 1 N–H and O–H groups in total. The first kappa shape index (κ1) is 12.5. The van der Waals surface area contributed by atoms with Crippen LogP contribution in [0, 0.1) is 5.82 Å². The third kappa shape index (κ3) is 1.65. The molecular weight excluding hydrogens is 263 g/mol. The summed E-state index contributed by atoms with van der Waals surface area (Å²) in [5, 5.41) is 2.52. The molecule has 0 radical (unpaired) electrons. The maximum absolute atomic E-state index is 13.7. The Morgan fingerprint density at radius 2 is 2.00 bits per heavy atom. The van der Waals surface area contributed by atoms with Gasteiger partial charge in [0, 0.05) is 5.70 Å². The second kappa shape index (κ2) is 4.26. The molecule has 0 saturated carbocycles. The largest absolute Gasteiger partial charge is 0.329 e. The van der Waals surface area contributed by atoms with E-state index in [1.807, 2.05) is 0 Å². The Morgan fingerprint density at radius 3 is 2.65 bits per heavy atom. The molecule has 1 atom stereocenters. The van der Waals surface area contributed by atoms with Crippen molar-refractivity contribution < 1.29 is 18.8 Å². The summed E-state index contributed by atoms with van der Waals surface area (Å²) < 4.78 is 13.7. The number of benzene rings is 1. The molecule has 2 aliphatic heterocycles. The zero-order valence-electron chi connectivity index (χ0n) is 10.5. The monoisotopic (exact) mass is 274 g/mol. The van der Waals surface area contributed by atoms with E-state index in [9.17, 15) is 18.8 Å². The first-order valence-corrected chi connectivity index (χ1v) is 6.15. The van der Waals surface area contributed by atoms with Crippen LogP contribution in [0.2, 0.25) is 0 Å². The van der Waals surface area contributed by atoms with Gasteiger partial charge in [-0.1, -0.05) is 12.6 Å². The van der Waals surface area contributed by atoms with Crippen molar-refractivity contribution in [1.29, 1.82) is 0 Å². The zero-order chi connectivity index (χ0) is 14.4. The molecule has 102 valence electrons. The number of hydrogen-bond acceptors (Lipinski definition) is 3. The molecule has 20 heavy (non-hydrogen) atoms. The van der Waals surface area contributed by atoms with E-state index in [0.29, 0.717) is 18.5 Å². The van der Waals surface area contributed by atoms with Gasteiger partial charge >= 0.3 is 0 Å². The molecule has 0 aromatic heterocycles. The van der Waals surface area contributed by atoms with Gasteiger partial charge in [0.25, 0.3) is 11.8 Å². The average Bonchev–Trinajstić information content (AvgIpc) is 2.64. The summed E-state index contributed by atoms with van der Waals surface area (Å²) in [4.78, 5) is 37.2. The van der Waals surface area contributed by atoms with Crippen molar-refractivity contribution in [3.8, 4) is 0 Å². The highest BCUT2D eigenvalue weighted by molar-refractivity contribution is 6.23. The fourth-order valence-corrected chi connectivity index (χ4v) is 2.55. The van der Waals surface area contributed by atoms with Crippen LogP contribution < -0.4 is 5.32 Å². The average molecular weight is 274 g/mol. The molecule has 1 aromatic rings. The van der Waals surface area contributed by atoms with Crippen LogP contribution in [0.5, 0.6) is 0 Å². The number of imide groups is 1. The molecule has 6 heteroatoms. The van der Waals surface area contributed by atoms with Crippen molar-refractivity contribution >= 4 is 17.7 Å². The van der Waals surface area contributed by atoms with Crippen molar-refractivity contribution in [2.75, 3.05) is 0 Å². The number of piperidine rings is 1. The standard InChI is InChI=1S/C14H11FN2O3/c1-7-5-6-10(12(18)16-7)17-13(19)8-3-2-4-9(15)11(8)14(17)20/h2-4,10H,1,5-6H2,(H,16,18). The minimum absolute atomic E-state index is 0.00667. The number of amides is 3. The fourth-order valence-electron chi connectivity index (χ4n) is 2.55. The normalized spacial score (nSPS) is 22.1. The lowest BCUT2D eigenvalue weighted by molar-refractivity contribution is -0.125. The smallest absolute Gasteiger partial charge is 0.265 e. The molecule has 0 bridgehead atoms. The number of halogens is 1. The van der Waals surface area contributed by atoms with Gasteiger partial charge in [-0.3, -0.25) is 19.3 Å². The first-order valence-electron chi connectivity index (χ1n) is 6.15. The van der Waals surface area contributed by atoms with Gasteiger partial charge in [-0.15, -0.1) is 0 Å². The molecule has 5 nitrogen and oxygen atoms in total. The van der Waals surface area contributed by atoms with E-state index in [-0.39, 0.29) is 11.1 Å². The van der Waals surface area contributed by atoms with Gasteiger partial charge in [0.1, 0.15) is 11.9 Å². The Kier molecular flexibility index (Phi) is 2.67. The number of allylic oxidation sites excluding steroid dienone is 1. The van der Waals surface area contributed by atoms with E-state index < -0.39 is 29.6 Å². The third-order valence-corrected chi connectivity index (χ3v) is 3.53. The number of hydrogen-bond donors (Lipinski definition) is 1. The summed E-state index contributed by atoms with van der Waals surface area (Å²) in [6, 6.07) is 2.97. The number of rotatable bonds is 1. The van der Waals surface area contributed by atoms with E-state index in [1.54, 1.807) is 0 Å². The highest BCUT2D eigenvalue weighted by Crippen LogP contribution is 2.29. The summed E-state index contributed by atoms with van der Waals surface area (Å²) in [6.45, 7) is 3.64. The van der Waals surface area contributed by atoms with Gasteiger partial charge in [0.15, 0.2) is 0 Å². The Bertz CT molecular complexity index is 668. The Balaban J connectivity index is 2.00. The maximum atomic E-state index is 13.7. The van der Waals surface area contributed by atoms with Crippen LogP contribution in [-0.2, 0) is 4.79 Å². The molecule has 3 rings (SSSR count). The fraction of sp³-hybridized carbons (Fsp3) is 0.214. The van der Waals surface area contributed by atoms with Crippen molar-refractivity contribution in [2.24, 2.45) is 0 Å². The summed E-state index contributed by atoms with van der Waals surface area (Å²) in [7, 11) is 0. The summed E-state index contributed by atoms with van der Waals surface area (Å²) >= 11 is 0. The van der Waals surface area contributed by atoms with E-state index in [1.165, 1.54) is 12.1 Å². The van der Waals surface area contributed by atoms with Crippen molar-refractivity contribution in [1.82, 2.24) is 10.2 Å². The summed E-state index contributed by atoms with van der Waals surface area (Å²) in [5.41, 5.74) is 0.302. The van der Waals surface area contributed by atoms with Gasteiger partial charge in [-0.2, -0.15) is 0 Å². The Labute approximate surface area is 114 Å². The number of nitrogens with zero attached hydrogens (tertiary/aromatic N) is 1. The van der Waals surface area contributed by atoms with Crippen LogP contribution >= 0.6 is 0 Å². The van der Waals surface area contributed by atoms with Crippen LogP contribution in [0.15, 0.2) is 30.5 Å². The molecule has 1 saturated heterocycles. The van der Waals surface area contributed by atoms with Gasteiger partial charge in [0.2, 0.25) is 5.91 Å². The lowest BCUT2D eigenvalue weighted by Gasteiger charge is -2.29. The minimum Gasteiger partial charge on any atom is -0.329 e. The number of fused-ring (bicyclic) bond motifs is 1. The van der Waals surface area contributed by atoms with Crippen molar-refractivity contribution in [3.05, 3.63) is 47.4 Å². The van der Waals surface area contributed by atoms with Crippen LogP contribution in [0.4, 0.5) is 4.39 Å². The predicted octanol–water partition coefficient (Wildman–Crippen LogP) is 1.21. The molecule has 0 aliphatic carbocycles. The SMILES string of the molecule is C=C1CCC(N2C(=O)c3cccc(F)c3C2=O)C(=O)N1. The highest BCUT2D eigenvalue weighted by atomic mass is 19.1. The quantitative estimate of drug-likeness (QED) is 0.783. The second-order valence-corrected chi connectivity index (χ2v) is 4.79.